The third-order valence-corrected chi connectivity index (χ3v) is 8.73. The van der Waals surface area contributed by atoms with Gasteiger partial charge in [0.05, 0.1) is 17.7 Å². The third kappa shape index (κ3) is 6.82. The van der Waals surface area contributed by atoms with Crippen LogP contribution in [0.2, 0.25) is 0 Å². The number of H-pyrrole nitrogens is 2. The number of aromatic amines is 2. The van der Waals surface area contributed by atoms with Gasteiger partial charge in [0, 0.05) is 16.7 Å². The number of tetrazole rings is 2. The van der Waals surface area contributed by atoms with E-state index in [0.717, 1.165) is 27.3 Å². The van der Waals surface area contributed by atoms with Crippen molar-refractivity contribution in [3.63, 3.8) is 0 Å². The van der Waals surface area contributed by atoms with Crippen LogP contribution in [-0.4, -0.2) is 62.9 Å². The predicted molar refractivity (Wildman–Crippen MR) is 179 cm³/mol. The zero-order valence-corrected chi connectivity index (χ0v) is 26.8. The summed E-state index contributed by atoms with van der Waals surface area (Å²) in [5.74, 6) is -0.194. The van der Waals surface area contributed by atoms with Crippen LogP contribution in [0.5, 0.6) is 0 Å². The van der Waals surface area contributed by atoms with Gasteiger partial charge < -0.3 is 4.74 Å². The Morgan fingerprint density at radius 3 is 2.10 bits per heavy atom. The number of ether oxygens (including phenoxy) is 1. The average molecular weight is 670 g/mol. The van der Waals surface area contributed by atoms with Crippen molar-refractivity contribution >= 4 is 23.2 Å². The van der Waals surface area contributed by atoms with Crippen LogP contribution in [0.4, 0.5) is 0 Å². The molecule has 49 heavy (non-hydrogen) atoms. The molecule has 0 atom stereocenters. The van der Waals surface area contributed by atoms with Gasteiger partial charge in [-0.1, -0.05) is 103 Å². The summed E-state index contributed by atoms with van der Waals surface area (Å²) >= 11 is 1.33. The molecule has 4 aromatic carbocycles. The van der Waals surface area contributed by atoms with Gasteiger partial charge in [-0.25, -0.2) is 19.7 Å². The second-order valence-corrected chi connectivity index (χ2v) is 11.8. The van der Waals surface area contributed by atoms with Crippen molar-refractivity contribution in [3.05, 3.63) is 129 Å². The van der Waals surface area contributed by atoms with Crippen LogP contribution in [0.1, 0.15) is 43.8 Å². The SMILES string of the molecule is CCc1nn(Cc2ccc(-c3ccccc3-c3nnn[nH]3)cc2)c(=NC(=O)c2ccccc2C(=O)OCc2ccccc2-c2nnn[nH]2)s1. The van der Waals surface area contributed by atoms with Crippen molar-refractivity contribution in [2.75, 3.05) is 0 Å². The molecular formula is C34H27N11O3S. The highest BCUT2D eigenvalue weighted by atomic mass is 32.1. The van der Waals surface area contributed by atoms with Crippen molar-refractivity contribution in [1.82, 2.24) is 51.0 Å². The molecule has 3 heterocycles. The number of carbonyl (C=O) groups excluding carboxylic acids is 2. The lowest BCUT2D eigenvalue weighted by Crippen LogP contribution is -2.20. The standard InChI is InChI=1S/C34H27N11O3S/c1-2-29-40-45(19-21-15-17-22(18-16-21)24-10-5-6-12-26(24)31-38-43-44-39-31)34(49-29)35-32(46)27-13-7-8-14-28(27)33(47)48-20-23-9-3-4-11-25(23)30-36-41-42-37-30/h3-18H,2,19-20H2,1H3,(H,36,37,41,42)(H,38,39,43,44). The molecule has 0 saturated carbocycles. The molecule has 2 N–H and O–H groups in total. The van der Waals surface area contributed by atoms with E-state index in [1.165, 1.54) is 11.3 Å². The largest absolute Gasteiger partial charge is 0.457 e. The summed E-state index contributed by atoms with van der Waals surface area (Å²) in [5.41, 5.74) is 5.47. The number of aryl methyl sites for hydroxylation is 1. The van der Waals surface area contributed by atoms with E-state index in [0.29, 0.717) is 40.5 Å². The molecule has 0 spiro atoms. The first-order chi connectivity index (χ1) is 24.1. The highest BCUT2D eigenvalue weighted by Gasteiger charge is 2.20. The minimum absolute atomic E-state index is 0.0499. The fourth-order valence-electron chi connectivity index (χ4n) is 5.23. The number of hydrogen-bond acceptors (Lipinski definition) is 11. The number of hydrogen-bond donors (Lipinski definition) is 2. The quantitative estimate of drug-likeness (QED) is 0.194. The van der Waals surface area contributed by atoms with E-state index in [1.54, 1.807) is 28.9 Å². The second kappa shape index (κ2) is 14.1. The Morgan fingerprint density at radius 2 is 1.41 bits per heavy atom. The predicted octanol–water partition coefficient (Wildman–Crippen LogP) is 4.68. The fourth-order valence-corrected chi connectivity index (χ4v) is 6.06. The van der Waals surface area contributed by atoms with Gasteiger partial charge in [-0.3, -0.25) is 4.79 Å². The van der Waals surface area contributed by atoms with Gasteiger partial charge in [0.25, 0.3) is 5.91 Å². The van der Waals surface area contributed by atoms with Crippen LogP contribution in [0.15, 0.2) is 102 Å². The maximum absolute atomic E-state index is 13.6. The third-order valence-electron chi connectivity index (χ3n) is 7.64. The Bertz CT molecular complexity index is 2290. The Labute approximate surface area is 282 Å². The summed E-state index contributed by atoms with van der Waals surface area (Å²) in [5, 5.41) is 33.7. The van der Waals surface area contributed by atoms with E-state index < -0.39 is 11.9 Å². The number of benzene rings is 4. The number of aromatic nitrogens is 10. The summed E-state index contributed by atoms with van der Waals surface area (Å²) in [4.78, 5) is 31.7. The number of nitrogens with zero attached hydrogens (tertiary/aromatic N) is 9. The molecular weight excluding hydrogens is 643 g/mol. The van der Waals surface area contributed by atoms with Crippen molar-refractivity contribution < 1.29 is 14.3 Å². The van der Waals surface area contributed by atoms with Gasteiger partial charge in [0.1, 0.15) is 11.6 Å². The summed E-state index contributed by atoms with van der Waals surface area (Å²) in [6.45, 7) is 2.33. The first-order valence-corrected chi connectivity index (χ1v) is 16.1. The monoisotopic (exact) mass is 669 g/mol. The van der Waals surface area contributed by atoms with Gasteiger partial charge in [-0.15, -0.1) is 10.2 Å². The van der Waals surface area contributed by atoms with Gasteiger partial charge >= 0.3 is 5.97 Å². The Hall–Kier alpha value is -6.48. The maximum atomic E-state index is 13.6. The van der Waals surface area contributed by atoms with Crippen LogP contribution in [0.3, 0.4) is 0 Å². The van der Waals surface area contributed by atoms with Crippen LogP contribution in [0.25, 0.3) is 33.9 Å². The molecule has 0 saturated heterocycles. The van der Waals surface area contributed by atoms with E-state index in [1.807, 2.05) is 79.7 Å². The van der Waals surface area contributed by atoms with Gasteiger partial charge in [-0.2, -0.15) is 10.1 Å². The Morgan fingerprint density at radius 1 is 0.776 bits per heavy atom. The lowest BCUT2D eigenvalue weighted by atomic mass is 9.98. The lowest BCUT2D eigenvalue weighted by Gasteiger charge is -2.10. The minimum atomic E-state index is -0.655. The van der Waals surface area contributed by atoms with Crippen LogP contribution >= 0.6 is 11.3 Å². The number of nitrogens with one attached hydrogen (secondary N) is 2. The summed E-state index contributed by atoms with van der Waals surface area (Å²) in [7, 11) is 0. The minimum Gasteiger partial charge on any atom is -0.457 e. The zero-order valence-electron chi connectivity index (χ0n) is 26.0. The zero-order chi connectivity index (χ0) is 33.6. The van der Waals surface area contributed by atoms with Gasteiger partial charge in [-0.05, 0) is 56.1 Å². The van der Waals surface area contributed by atoms with Crippen molar-refractivity contribution in [2.24, 2.45) is 4.99 Å². The summed E-state index contributed by atoms with van der Waals surface area (Å²) in [6.07, 6.45) is 0.676. The molecule has 3 aromatic heterocycles. The molecule has 0 aliphatic heterocycles. The summed E-state index contributed by atoms with van der Waals surface area (Å²) < 4.78 is 7.36. The van der Waals surface area contributed by atoms with Crippen molar-refractivity contribution in [1.29, 1.82) is 0 Å². The van der Waals surface area contributed by atoms with Crippen molar-refractivity contribution in [3.8, 4) is 33.9 Å². The molecule has 15 heteroatoms. The van der Waals surface area contributed by atoms with E-state index in [2.05, 4.69) is 46.2 Å². The Kier molecular flexibility index (Phi) is 8.96. The molecule has 0 unspecified atom stereocenters. The first-order valence-electron chi connectivity index (χ1n) is 15.2. The number of rotatable bonds is 10. The topological polar surface area (TPSA) is 182 Å². The first kappa shape index (κ1) is 31.1. The maximum Gasteiger partial charge on any atom is 0.339 e. The lowest BCUT2D eigenvalue weighted by molar-refractivity contribution is 0.0470. The summed E-state index contributed by atoms with van der Waals surface area (Å²) in [6, 6.07) is 29.7. The molecule has 0 fully saturated rings. The van der Waals surface area contributed by atoms with Gasteiger partial charge in [0.2, 0.25) is 4.80 Å². The van der Waals surface area contributed by atoms with Crippen molar-refractivity contribution in [2.45, 2.75) is 26.5 Å². The number of amides is 1. The molecule has 0 aliphatic rings. The van der Waals surface area contributed by atoms with E-state index in [9.17, 15) is 9.59 Å². The highest BCUT2D eigenvalue weighted by molar-refractivity contribution is 7.08. The fraction of sp³-hybridized carbons (Fsp3) is 0.118. The van der Waals surface area contributed by atoms with Crippen LogP contribution in [-0.2, 0) is 24.3 Å². The number of carbonyl (C=O) groups is 2. The van der Waals surface area contributed by atoms with E-state index in [-0.39, 0.29) is 17.7 Å². The van der Waals surface area contributed by atoms with E-state index in [4.69, 9.17) is 9.84 Å². The van der Waals surface area contributed by atoms with Crippen LogP contribution in [0, 0.1) is 0 Å². The smallest absolute Gasteiger partial charge is 0.339 e. The highest BCUT2D eigenvalue weighted by Crippen LogP contribution is 2.30. The van der Waals surface area contributed by atoms with Gasteiger partial charge in [0.15, 0.2) is 11.6 Å². The molecule has 7 aromatic rings. The molecule has 14 nitrogen and oxygen atoms in total. The van der Waals surface area contributed by atoms with Crippen LogP contribution < -0.4 is 4.80 Å². The second-order valence-electron chi connectivity index (χ2n) is 10.7. The molecule has 1 amide bonds. The number of esters is 1. The molecule has 242 valence electrons. The van der Waals surface area contributed by atoms with E-state index >= 15 is 0 Å². The molecule has 0 bridgehead atoms. The average Bonchev–Trinajstić information content (AvgIpc) is 3.95. The Balaban J connectivity index is 1.11. The molecule has 7 rings (SSSR count). The normalized spacial score (nSPS) is 11.5. The molecule has 0 radical (unpaired) electrons. The molecule has 0 aliphatic carbocycles.